The van der Waals surface area contributed by atoms with E-state index < -0.39 is 20.7 Å². The predicted molar refractivity (Wildman–Crippen MR) is 84.5 cm³/mol. The summed E-state index contributed by atoms with van der Waals surface area (Å²) in [4.78, 5) is -0.447. The van der Waals surface area contributed by atoms with Crippen LogP contribution in [0.5, 0.6) is 11.5 Å². The molecule has 0 aliphatic heterocycles. The van der Waals surface area contributed by atoms with Gasteiger partial charge in [0.15, 0.2) is 0 Å². The Hall–Kier alpha value is -1.80. The summed E-state index contributed by atoms with van der Waals surface area (Å²) in [7, 11) is -1.18. The van der Waals surface area contributed by atoms with E-state index in [1.54, 1.807) is 6.07 Å². The molecule has 2 aromatic rings. The van der Waals surface area contributed by atoms with Crippen molar-refractivity contribution < 1.29 is 22.3 Å². The van der Waals surface area contributed by atoms with Crippen LogP contribution in [0.2, 0.25) is 0 Å². The number of benzene rings is 2. The third kappa shape index (κ3) is 3.69. The Morgan fingerprint density at radius 3 is 2.14 bits per heavy atom. The highest BCUT2D eigenvalue weighted by molar-refractivity contribution is 9.10. The van der Waals surface area contributed by atoms with Crippen molar-refractivity contribution in [3.05, 3.63) is 46.7 Å². The van der Waals surface area contributed by atoms with Gasteiger partial charge in [0.05, 0.1) is 19.9 Å². The first-order chi connectivity index (χ1) is 10.4. The second-order valence-corrected chi connectivity index (χ2v) is 6.85. The molecule has 0 amide bonds. The highest BCUT2D eigenvalue weighted by Crippen LogP contribution is 2.28. The van der Waals surface area contributed by atoms with Crippen LogP contribution in [0.25, 0.3) is 0 Å². The van der Waals surface area contributed by atoms with Crippen LogP contribution in [0, 0.1) is 5.82 Å². The van der Waals surface area contributed by atoms with Crippen molar-refractivity contribution in [2.45, 2.75) is 4.90 Å². The summed E-state index contributed by atoms with van der Waals surface area (Å²) in [5.74, 6) is -0.0293. The maximum atomic E-state index is 13.8. The number of rotatable bonds is 5. The summed E-state index contributed by atoms with van der Waals surface area (Å²) in [6.07, 6.45) is 0. The Balaban J connectivity index is 2.40. The molecule has 0 unspecified atom stereocenters. The fourth-order valence-corrected chi connectivity index (χ4v) is 3.20. The number of hydrogen-bond donors (Lipinski definition) is 1. The molecule has 0 fully saturated rings. The van der Waals surface area contributed by atoms with E-state index in [4.69, 9.17) is 9.47 Å². The van der Waals surface area contributed by atoms with E-state index in [0.29, 0.717) is 16.0 Å². The molecule has 118 valence electrons. The van der Waals surface area contributed by atoms with Crippen molar-refractivity contribution >= 4 is 31.6 Å². The molecule has 0 aliphatic rings. The molecule has 0 aliphatic carbocycles. The van der Waals surface area contributed by atoms with Crippen molar-refractivity contribution in [3.8, 4) is 11.5 Å². The second kappa shape index (κ2) is 6.53. The van der Waals surface area contributed by atoms with Crippen LogP contribution < -0.4 is 14.2 Å². The smallest absolute Gasteiger partial charge is 0.264 e. The topological polar surface area (TPSA) is 64.6 Å². The van der Waals surface area contributed by atoms with E-state index in [1.165, 1.54) is 38.5 Å². The van der Waals surface area contributed by atoms with Crippen LogP contribution in [0.1, 0.15) is 0 Å². The number of halogens is 2. The largest absolute Gasteiger partial charge is 0.497 e. The number of sulfonamides is 1. The lowest BCUT2D eigenvalue weighted by molar-refractivity contribution is 0.395. The zero-order chi connectivity index (χ0) is 16.3. The van der Waals surface area contributed by atoms with E-state index >= 15 is 0 Å². The maximum absolute atomic E-state index is 13.8. The average molecular weight is 390 g/mol. The molecule has 0 spiro atoms. The van der Waals surface area contributed by atoms with Crippen molar-refractivity contribution in [1.29, 1.82) is 0 Å². The summed E-state index contributed by atoms with van der Waals surface area (Å²) < 4.78 is 51.3. The molecule has 2 rings (SSSR count). The van der Waals surface area contributed by atoms with E-state index in [-0.39, 0.29) is 5.69 Å². The van der Waals surface area contributed by atoms with E-state index in [2.05, 4.69) is 20.7 Å². The van der Waals surface area contributed by atoms with Crippen molar-refractivity contribution in [2.75, 3.05) is 18.9 Å². The molecular formula is C14H13BrFNO4S. The fraction of sp³-hybridized carbons (Fsp3) is 0.143. The molecule has 0 atom stereocenters. The van der Waals surface area contributed by atoms with Gasteiger partial charge in [0.1, 0.15) is 22.2 Å². The molecule has 1 N–H and O–H groups in total. The number of nitrogens with one attached hydrogen (secondary N) is 1. The maximum Gasteiger partial charge on any atom is 0.264 e. The second-order valence-electron chi connectivity index (χ2n) is 4.28. The first-order valence-corrected chi connectivity index (χ1v) is 8.34. The Morgan fingerprint density at radius 1 is 1.05 bits per heavy atom. The zero-order valence-electron chi connectivity index (χ0n) is 11.8. The third-order valence-electron chi connectivity index (χ3n) is 2.79. The van der Waals surface area contributed by atoms with Crippen LogP contribution in [0.4, 0.5) is 10.1 Å². The normalized spacial score (nSPS) is 11.1. The van der Waals surface area contributed by atoms with Gasteiger partial charge in [-0.1, -0.05) is 15.9 Å². The van der Waals surface area contributed by atoms with Crippen molar-refractivity contribution in [3.63, 3.8) is 0 Å². The highest BCUT2D eigenvalue weighted by atomic mass is 79.9. The molecule has 0 saturated carbocycles. The van der Waals surface area contributed by atoms with E-state index in [1.807, 2.05) is 0 Å². The Labute approximate surface area is 136 Å². The molecule has 0 radical (unpaired) electrons. The van der Waals surface area contributed by atoms with E-state index in [9.17, 15) is 12.8 Å². The van der Waals surface area contributed by atoms with Gasteiger partial charge in [0.25, 0.3) is 10.0 Å². The molecule has 0 saturated heterocycles. The standard InChI is InChI=1S/C14H13BrFNO4S/c1-20-11-6-10(7-12(8-11)21-2)17-22(18,19)14-4-3-9(15)5-13(14)16/h3-8,17H,1-2H3. The number of anilines is 1. The third-order valence-corrected chi connectivity index (χ3v) is 4.69. The van der Waals surface area contributed by atoms with Crippen LogP contribution in [0.15, 0.2) is 45.8 Å². The molecule has 5 nitrogen and oxygen atoms in total. The monoisotopic (exact) mass is 389 g/mol. The molecule has 22 heavy (non-hydrogen) atoms. The summed E-state index contributed by atoms with van der Waals surface area (Å²) in [6.45, 7) is 0. The molecule has 0 heterocycles. The van der Waals surface area contributed by atoms with Crippen LogP contribution in [-0.4, -0.2) is 22.6 Å². The lowest BCUT2D eigenvalue weighted by Crippen LogP contribution is -2.14. The number of methoxy groups -OCH3 is 2. The molecule has 2 aromatic carbocycles. The first-order valence-electron chi connectivity index (χ1n) is 6.06. The highest BCUT2D eigenvalue weighted by Gasteiger charge is 2.20. The lowest BCUT2D eigenvalue weighted by Gasteiger charge is -2.12. The molecule has 0 bridgehead atoms. The Kier molecular flexibility index (Phi) is 4.92. The number of ether oxygens (including phenoxy) is 2. The summed E-state index contributed by atoms with van der Waals surface area (Å²) in [5, 5.41) is 0. The van der Waals surface area contributed by atoms with Gasteiger partial charge in [-0.05, 0) is 18.2 Å². The van der Waals surface area contributed by atoms with Crippen molar-refractivity contribution in [1.82, 2.24) is 0 Å². The Bertz CT molecular complexity index is 773. The van der Waals surface area contributed by atoms with Crippen LogP contribution >= 0.6 is 15.9 Å². The van der Waals surface area contributed by atoms with Gasteiger partial charge < -0.3 is 9.47 Å². The van der Waals surface area contributed by atoms with Gasteiger partial charge in [-0.2, -0.15) is 0 Å². The first kappa shape index (κ1) is 16.6. The van der Waals surface area contributed by atoms with Gasteiger partial charge in [-0.25, -0.2) is 12.8 Å². The van der Waals surface area contributed by atoms with Gasteiger partial charge in [0.2, 0.25) is 0 Å². The molecule has 8 heteroatoms. The average Bonchev–Trinajstić information content (AvgIpc) is 2.45. The van der Waals surface area contributed by atoms with Crippen LogP contribution in [-0.2, 0) is 10.0 Å². The summed E-state index contributed by atoms with van der Waals surface area (Å²) in [6, 6.07) is 8.25. The summed E-state index contributed by atoms with van der Waals surface area (Å²) in [5.41, 5.74) is 0.207. The SMILES string of the molecule is COc1cc(NS(=O)(=O)c2ccc(Br)cc2F)cc(OC)c1. The van der Waals surface area contributed by atoms with Crippen molar-refractivity contribution in [2.24, 2.45) is 0 Å². The summed E-state index contributed by atoms with van der Waals surface area (Å²) >= 11 is 3.08. The minimum absolute atomic E-state index is 0.207. The van der Waals surface area contributed by atoms with Gasteiger partial charge in [-0.15, -0.1) is 0 Å². The van der Waals surface area contributed by atoms with Crippen LogP contribution in [0.3, 0.4) is 0 Å². The quantitative estimate of drug-likeness (QED) is 0.850. The molecule has 0 aromatic heterocycles. The molecular weight excluding hydrogens is 377 g/mol. The number of hydrogen-bond acceptors (Lipinski definition) is 4. The fourth-order valence-electron chi connectivity index (χ4n) is 1.77. The Morgan fingerprint density at radius 2 is 1.64 bits per heavy atom. The minimum Gasteiger partial charge on any atom is -0.497 e. The van der Waals surface area contributed by atoms with Gasteiger partial charge in [0, 0.05) is 22.7 Å². The van der Waals surface area contributed by atoms with Gasteiger partial charge in [-0.3, -0.25) is 4.72 Å². The van der Waals surface area contributed by atoms with E-state index in [0.717, 1.165) is 6.07 Å². The minimum atomic E-state index is -4.07. The predicted octanol–water partition coefficient (Wildman–Crippen LogP) is 3.41. The van der Waals surface area contributed by atoms with Gasteiger partial charge >= 0.3 is 0 Å². The lowest BCUT2D eigenvalue weighted by atomic mass is 10.3. The zero-order valence-corrected chi connectivity index (χ0v) is 14.2.